The van der Waals surface area contributed by atoms with Crippen LogP contribution in [0.3, 0.4) is 0 Å². The number of carbonyl (C=O) groups is 1. The second-order valence-electron chi connectivity index (χ2n) is 5.15. The molecule has 3 N–H and O–H groups in total. The van der Waals surface area contributed by atoms with Crippen molar-refractivity contribution >= 4 is 11.7 Å². The van der Waals surface area contributed by atoms with Crippen LogP contribution in [0.2, 0.25) is 0 Å². The fourth-order valence-electron chi connectivity index (χ4n) is 2.78. The molecule has 0 bridgehead atoms. The number of esters is 1. The van der Waals surface area contributed by atoms with Crippen LogP contribution < -0.4 is 5.73 Å². The quantitative estimate of drug-likeness (QED) is 0.648. The Kier molecular flexibility index (Phi) is 4.10. The molecule has 0 heterocycles. The van der Waals surface area contributed by atoms with E-state index in [4.69, 9.17) is 10.5 Å². The molecule has 1 aromatic carbocycles. The smallest absolute Gasteiger partial charge is 0.308 e. The Hall–Kier alpha value is -1.55. The summed E-state index contributed by atoms with van der Waals surface area (Å²) in [5, 5.41) is 10.7. The van der Waals surface area contributed by atoms with Gasteiger partial charge in [0.1, 0.15) is 0 Å². The highest BCUT2D eigenvalue weighted by molar-refractivity contribution is 5.72. The number of ether oxygens (including phenoxy) is 1. The summed E-state index contributed by atoms with van der Waals surface area (Å²) in [6.07, 6.45) is 2.38. The highest BCUT2D eigenvalue weighted by Crippen LogP contribution is 2.41. The lowest BCUT2D eigenvalue weighted by Gasteiger charge is -2.36. The third-order valence-corrected chi connectivity index (χ3v) is 3.89. The van der Waals surface area contributed by atoms with Gasteiger partial charge in [0.15, 0.2) is 0 Å². The van der Waals surface area contributed by atoms with E-state index in [1.165, 1.54) is 0 Å². The van der Waals surface area contributed by atoms with Crippen LogP contribution >= 0.6 is 0 Å². The number of anilines is 1. The number of nitrogens with two attached hydrogens (primary N) is 1. The van der Waals surface area contributed by atoms with Gasteiger partial charge in [0.25, 0.3) is 0 Å². The van der Waals surface area contributed by atoms with Crippen LogP contribution in [0.1, 0.15) is 38.2 Å². The summed E-state index contributed by atoms with van der Waals surface area (Å²) in [4.78, 5) is 11.7. The first-order valence-corrected chi connectivity index (χ1v) is 6.81. The van der Waals surface area contributed by atoms with E-state index in [1.807, 2.05) is 25.1 Å². The topological polar surface area (TPSA) is 72.5 Å². The number of nitrogen functional groups attached to an aromatic ring is 1. The monoisotopic (exact) mass is 263 g/mol. The molecule has 1 aliphatic rings. The molecule has 4 heteroatoms. The third-order valence-electron chi connectivity index (χ3n) is 3.89. The van der Waals surface area contributed by atoms with Gasteiger partial charge in [0.05, 0.1) is 18.1 Å². The number of benzene rings is 1. The van der Waals surface area contributed by atoms with Gasteiger partial charge in [0.2, 0.25) is 0 Å². The Morgan fingerprint density at radius 3 is 2.63 bits per heavy atom. The molecule has 1 fully saturated rings. The molecule has 1 aliphatic carbocycles. The summed E-state index contributed by atoms with van der Waals surface area (Å²) in [6.45, 7) is 2.22. The minimum Gasteiger partial charge on any atom is -0.466 e. The van der Waals surface area contributed by atoms with E-state index in [0.29, 0.717) is 38.0 Å². The van der Waals surface area contributed by atoms with Crippen molar-refractivity contribution in [1.82, 2.24) is 0 Å². The largest absolute Gasteiger partial charge is 0.466 e. The van der Waals surface area contributed by atoms with Crippen LogP contribution in [-0.2, 0) is 15.1 Å². The van der Waals surface area contributed by atoms with Crippen LogP contribution in [0.25, 0.3) is 0 Å². The number of carbonyl (C=O) groups excluding carboxylic acids is 1. The summed E-state index contributed by atoms with van der Waals surface area (Å²) in [5.41, 5.74) is 6.40. The van der Waals surface area contributed by atoms with Gasteiger partial charge in [-0.1, -0.05) is 18.2 Å². The molecule has 1 aromatic rings. The molecule has 2 rings (SSSR count). The summed E-state index contributed by atoms with van der Waals surface area (Å²) < 4.78 is 5.03. The van der Waals surface area contributed by atoms with Crippen LogP contribution in [0, 0.1) is 5.92 Å². The SMILES string of the molecule is CCOC(=O)C1CCC(O)(c2ccccc2N)CC1. The maximum atomic E-state index is 11.7. The van der Waals surface area contributed by atoms with Crippen molar-refractivity contribution in [3.05, 3.63) is 29.8 Å². The average Bonchev–Trinajstić information content (AvgIpc) is 2.40. The lowest BCUT2D eigenvalue weighted by Crippen LogP contribution is -2.35. The van der Waals surface area contributed by atoms with Crippen molar-refractivity contribution in [1.29, 1.82) is 0 Å². The van der Waals surface area contributed by atoms with E-state index < -0.39 is 5.60 Å². The van der Waals surface area contributed by atoms with Gasteiger partial charge in [-0.2, -0.15) is 0 Å². The van der Waals surface area contributed by atoms with E-state index in [1.54, 1.807) is 6.07 Å². The van der Waals surface area contributed by atoms with Crippen molar-refractivity contribution in [3.63, 3.8) is 0 Å². The molecule has 0 aliphatic heterocycles. The number of para-hydroxylation sites is 1. The first-order chi connectivity index (χ1) is 9.07. The van der Waals surface area contributed by atoms with E-state index in [2.05, 4.69) is 0 Å². The Balaban J connectivity index is 2.06. The molecule has 1 saturated carbocycles. The predicted molar refractivity (Wildman–Crippen MR) is 73.3 cm³/mol. The van der Waals surface area contributed by atoms with E-state index in [0.717, 1.165) is 5.56 Å². The molecule has 0 unspecified atom stereocenters. The zero-order chi connectivity index (χ0) is 13.9. The molecular weight excluding hydrogens is 242 g/mol. The van der Waals surface area contributed by atoms with Crippen LogP contribution in [0.4, 0.5) is 5.69 Å². The number of hydrogen-bond acceptors (Lipinski definition) is 4. The molecule has 0 saturated heterocycles. The van der Waals surface area contributed by atoms with Crippen LogP contribution in [0.15, 0.2) is 24.3 Å². The molecule has 0 radical (unpaired) electrons. The normalized spacial score (nSPS) is 26.9. The molecular formula is C15H21NO3. The predicted octanol–water partition coefficient (Wildman–Crippen LogP) is 2.21. The maximum absolute atomic E-state index is 11.7. The van der Waals surface area contributed by atoms with Gasteiger partial charge in [-0.15, -0.1) is 0 Å². The maximum Gasteiger partial charge on any atom is 0.308 e. The molecule has 104 valence electrons. The van der Waals surface area contributed by atoms with Crippen LogP contribution in [-0.4, -0.2) is 17.7 Å². The number of hydrogen-bond donors (Lipinski definition) is 2. The molecule has 0 aromatic heterocycles. The summed E-state index contributed by atoms with van der Waals surface area (Å²) in [6, 6.07) is 7.39. The van der Waals surface area contributed by atoms with Crippen molar-refractivity contribution in [2.45, 2.75) is 38.2 Å². The van der Waals surface area contributed by atoms with E-state index in [-0.39, 0.29) is 11.9 Å². The third kappa shape index (κ3) is 2.89. The van der Waals surface area contributed by atoms with Crippen molar-refractivity contribution < 1.29 is 14.6 Å². The first-order valence-electron chi connectivity index (χ1n) is 6.81. The Morgan fingerprint density at radius 2 is 2.05 bits per heavy atom. The van der Waals surface area contributed by atoms with Gasteiger partial charge in [-0.25, -0.2) is 0 Å². The van der Waals surface area contributed by atoms with Crippen molar-refractivity contribution in [2.24, 2.45) is 5.92 Å². The minimum atomic E-state index is -0.908. The van der Waals surface area contributed by atoms with Gasteiger partial charge in [0, 0.05) is 11.3 Å². The molecule has 0 atom stereocenters. The molecule has 0 amide bonds. The second kappa shape index (κ2) is 5.61. The zero-order valence-corrected chi connectivity index (χ0v) is 11.3. The number of rotatable bonds is 3. The first kappa shape index (κ1) is 13.9. The molecule has 0 spiro atoms. The van der Waals surface area contributed by atoms with E-state index >= 15 is 0 Å². The highest BCUT2D eigenvalue weighted by atomic mass is 16.5. The Morgan fingerprint density at radius 1 is 1.42 bits per heavy atom. The molecule has 4 nitrogen and oxygen atoms in total. The lowest BCUT2D eigenvalue weighted by molar-refractivity contribution is -0.151. The van der Waals surface area contributed by atoms with Gasteiger partial charge >= 0.3 is 5.97 Å². The van der Waals surface area contributed by atoms with Gasteiger partial charge < -0.3 is 15.6 Å². The van der Waals surface area contributed by atoms with Crippen molar-refractivity contribution in [2.75, 3.05) is 12.3 Å². The fourth-order valence-corrected chi connectivity index (χ4v) is 2.78. The van der Waals surface area contributed by atoms with Gasteiger partial charge in [-0.05, 0) is 38.7 Å². The minimum absolute atomic E-state index is 0.0924. The van der Waals surface area contributed by atoms with Crippen LogP contribution in [0.5, 0.6) is 0 Å². The lowest BCUT2D eigenvalue weighted by atomic mass is 9.75. The highest BCUT2D eigenvalue weighted by Gasteiger charge is 2.38. The summed E-state index contributed by atoms with van der Waals surface area (Å²) >= 11 is 0. The Labute approximate surface area is 113 Å². The average molecular weight is 263 g/mol. The second-order valence-corrected chi connectivity index (χ2v) is 5.15. The van der Waals surface area contributed by atoms with E-state index in [9.17, 15) is 9.90 Å². The summed E-state index contributed by atoms with van der Waals surface area (Å²) in [5.74, 6) is -0.240. The van der Waals surface area contributed by atoms with Crippen molar-refractivity contribution in [3.8, 4) is 0 Å². The standard InChI is InChI=1S/C15H21NO3/c1-2-19-14(17)11-7-9-15(18,10-8-11)12-5-3-4-6-13(12)16/h3-6,11,18H,2,7-10,16H2,1H3. The summed E-state index contributed by atoms with van der Waals surface area (Å²) in [7, 11) is 0. The zero-order valence-electron chi connectivity index (χ0n) is 11.3. The molecule has 19 heavy (non-hydrogen) atoms. The number of aliphatic hydroxyl groups is 1. The Bertz CT molecular complexity index is 450. The van der Waals surface area contributed by atoms with Gasteiger partial charge in [-0.3, -0.25) is 4.79 Å². The fraction of sp³-hybridized carbons (Fsp3) is 0.533.